The maximum absolute atomic E-state index is 13.2. The van der Waals surface area contributed by atoms with E-state index in [2.05, 4.69) is 22.1 Å². The molecule has 5 heteroatoms. The van der Waals surface area contributed by atoms with Crippen molar-refractivity contribution >= 4 is 0 Å². The molecule has 5 aromatic rings. The molecule has 2 heterocycles. The van der Waals surface area contributed by atoms with Gasteiger partial charge in [0.2, 0.25) is 0 Å². The molecule has 0 N–H and O–H groups in total. The standard InChI is InChI=1S/C17H10F2N.C11H8N.Ir/c18-15-8-14(9-16(19)10-15)17-7-6-13(11-20-17)12-4-2-1-3-5-12;1-2-6-10(7-3-1)11-8-4-5-9-12-11;/h1-8,10-11H;1-6,8-9H;/q2*-1;. The third kappa shape index (κ3) is 6.72. The van der Waals surface area contributed by atoms with E-state index in [-0.39, 0.29) is 20.1 Å². The van der Waals surface area contributed by atoms with E-state index in [1.807, 2.05) is 78.9 Å². The first kappa shape index (κ1) is 24.1. The van der Waals surface area contributed by atoms with Crippen LogP contribution in [0.15, 0.2) is 109 Å². The van der Waals surface area contributed by atoms with Crippen LogP contribution in [0.25, 0.3) is 33.6 Å². The number of nitrogens with zero attached hydrogens (tertiary/aromatic N) is 2. The Morgan fingerprint density at radius 1 is 0.636 bits per heavy atom. The molecule has 165 valence electrons. The van der Waals surface area contributed by atoms with Crippen molar-refractivity contribution in [3.63, 3.8) is 0 Å². The molecule has 5 rings (SSSR count). The molecular formula is C28H18F2IrN2-2. The zero-order chi connectivity index (χ0) is 22.2. The van der Waals surface area contributed by atoms with Crippen LogP contribution in [0.4, 0.5) is 8.78 Å². The van der Waals surface area contributed by atoms with E-state index in [0.717, 1.165) is 28.5 Å². The largest absolute Gasteiger partial charge is 0.305 e. The molecule has 0 saturated heterocycles. The molecule has 2 aromatic heterocycles. The van der Waals surface area contributed by atoms with Crippen LogP contribution < -0.4 is 0 Å². The van der Waals surface area contributed by atoms with Crippen LogP contribution >= 0.6 is 0 Å². The van der Waals surface area contributed by atoms with E-state index in [0.29, 0.717) is 11.3 Å². The van der Waals surface area contributed by atoms with Gasteiger partial charge in [-0.1, -0.05) is 60.7 Å². The maximum Gasteiger partial charge on any atom is 0.0446 e. The van der Waals surface area contributed by atoms with Gasteiger partial charge in [0.15, 0.2) is 0 Å². The summed E-state index contributed by atoms with van der Waals surface area (Å²) >= 11 is 0. The van der Waals surface area contributed by atoms with Gasteiger partial charge in [-0.25, -0.2) is 8.78 Å². The van der Waals surface area contributed by atoms with Crippen molar-refractivity contribution in [2.75, 3.05) is 0 Å². The molecule has 0 aliphatic carbocycles. The first-order chi connectivity index (χ1) is 15.7. The Kier molecular flexibility index (Phi) is 8.70. The van der Waals surface area contributed by atoms with Gasteiger partial charge in [0.25, 0.3) is 0 Å². The first-order valence-electron chi connectivity index (χ1n) is 9.97. The minimum atomic E-state index is -0.728. The minimum Gasteiger partial charge on any atom is -0.305 e. The van der Waals surface area contributed by atoms with Crippen molar-refractivity contribution in [2.45, 2.75) is 0 Å². The van der Waals surface area contributed by atoms with E-state index in [4.69, 9.17) is 0 Å². The predicted molar refractivity (Wildman–Crippen MR) is 122 cm³/mol. The number of aromatic nitrogens is 2. The molecule has 0 aliphatic rings. The summed E-state index contributed by atoms with van der Waals surface area (Å²) in [6, 6.07) is 34.7. The molecule has 0 amide bonds. The van der Waals surface area contributed by atoms with Crippen molar-refractivity contribution in [1.29, 1.82) is 0 Å². The van der Waals surface area contributed by atoms with Crippen molar-refractivity contribution in [1.82, 2.24) is 9.97 Å². The number of halogens is 2. The summed E-state index contributed by atoms with van der Waals surface area (Å²) < 4.78 is 26.3. The summed E-state index contributed by atoms with van der Waals surface area (Å²) in [5, 5.41) is 0. The average molecular weight is 613 g/mol. The number of hydrogen-bond acceptors (Lipinski definition) is 2. The first-order valence-corrected chi connectivity index (χ1v) is 9.97. The second kappa shape index (κ2) is 11.9. The van der Waals surface area contributed by atoms with Gasteiger partial charge in [-0.2, -0.15) is 0 Å². The van der Waals surface area contributed by atoms with E-state index in [1.165, 1.54) is 6.07 Å². The van der Waals surface area contributed by atoms with E-state index in [1.54, 1.807) is 18.5 Å². The fraction of sp³-hybridized carbons (Fsp3) is 0. The molecule has 2 nitrogen and oxygen atoms in total. The van der Waals surface area contributed by atoms with Crippen molar-refractivity contribution in [3.8, 4) is 33.6 Å². The van der Waals surface area contributed by atoms with Crippen molar-refractivity contribution < 1.29 is 28.9 Å². The Bertz CT molecular complexity index is 1210. The summed E-state index contributed by atoms with van der Waals surface area (Å²) in [5.74, 6) is -1.36. The van der Waals surface area contributed by atoms with Crippen LogP contribution in [0.5, 0.6) is 0 Å². The van der Waals surface area contributed by atoms with Crippen LogP contribution in [0.2, 0.25) is 0 Å². The summed E-state index contributed by atoms with van der Waals surface area (Å²) in [7, 11) is 0. The van der Waals surface area contributed by atoms with Gasteiger partial charge in [0.05, 0.1) is 0 Å². The predicted octanol–water partition coefficient (Wildman–Crippen LogP) is 7.04. The second-order valence-corrected chi connectivity index (χ2v) is 6.85. The Morgan fingerprint density at radius 3 is 2.03 bits per heavy atom. The molecule has 0 bridgehead atoms. The van der Waals surface area contributed by atoms with Gasteiger partial charge in [-0.15, -0.1) is 53.6 Å². The Labute approximate surface area is 205 Å². The molecule has 0 atom stereocenters. The van der Waals surface area contributed by atoms with Crippen molar-refractivity contribution in [2.24, 2.45) is 0 Å². The van der Waals surface area contributed by atoms with Crippen LogP contribution in [0.3, 0.4) is 0 Å². The number of benzene rings is 3. The van der Waals surface area contributed by atoms with Gasteiger partial charge in [-0.3, -0.25) is 0 Å². The van der Waals surface area contributed by atoms with E-state index in [9.17, 15) is 8.78 Å². The Hall–Kier alpha value is -3.53. The zero-order valence-electron chi connectivity index (χ0n) is 17.4. The smallest absolute Gasteiger partial charge is 0.0446 e. The number of pyridine rings is 2. The van der Waals surface area contributed by atoms with Crippen molar-refractivity contribution in [3.05, 3.63) is 133 Å². The third-order valence-electron chi connectivity index (χ3n) is 4.60. The topological polar surface area (TPSA) is 25.8 Å². The Balaban J connectivity index is 0.000000202. The number of rotatable bonds is 3. The fourth-order valence-corrected chi connectivity index (χ4v) is 3.07. The normalized spacial score (nSPS) is 9.88. The monoisotopic (exact) mass is 613 g/mol. The van der Waals surface area contributed by atoms with Gasteiger partial charge in [0.1, 0.15) is 0 Å². The maximum atomic E-state index is 13.2. The van der Waals surface area contributed by atoms with Crippen LogP contribution in [0, 0.1) is 23.8 Å². The van der Waals surface area contributed by atoms with Gasteiger partial charge in [0, 0.05) is 44.1 Å². The molecule has 0 aliphatic heterocycles. The van der Waals surface area contributed by atoms with Crippen LogP contribution in [-0.4, -0.2) is 9.97 Å². The molecular weight excluding hydrogens is 595 g/mol. The average Bonchev–Trinajstić information content (AvgIpc) is 2.86. The molecule has 0 spiro atoms. The molecule has 1 radical (unpaired) electrons. The van der Waals surface area contributed by atoms with E-state index >= 15 is 0 Å². The van der Waals surface area contributed by atoms with Gasteiger partial charge >= 0.3 is 0 Å². The summed E-state index contributed by atoms with van der Waals surface area (Å²) in [5.41, 5.74) is 4.80. The van der Waals surface area contributed by atoms with Gasteiger partial charge < -0.3 is 9.97 Å². The third-order valence-corrected chi connectivity index (χ3v) is 4.60. The minimum absolute atomic E-state index is 0. The summed E-state index contributed by atoms with van der Waals surface area (Å²) in [6.07, 6.45) is 3.47. The zero-order valence-corrected chi connectivity index (χ0v) is 19.8. The quantitative estimate of drug-likeness (QED) is 0.204. The summed E-state index contributed by atoms with van der Waals surface area (Å²) in [4.78, 5) is 8.46. The fourth-order valence-electron chi connectivity index (χ4n) is 3.07. The van der Waals surface area contributed by atoms with Crippen LogP contribution in [0.1, 0.15) is 0 Å². The Morgan fingerprint density at radius 2 is 1.39 bits per heavy atom. The SMILES string of the molecule is Fc1[c-]c(-c2ccc(-c3ccccc3)cn2)cc(F)c1.[Ir].[c-]1ccccc1-c1ccccn1. The number of hydrogen-bond donors (Lipinski definition) is 0. The van der Waals surface area contributed by atoms with Crippen LogP contribution in [-0.2, 0) is 20.1 Å². The molecule has 33 heavy (non-hydrogen) atoms. The molecule has 0 fully saturated rings. The van der Waals surface area contributed by atoms with Gasteiger partial charge in [-0.05, 0) is 28.6 Å². The van der Waals surface area contributed by atoms with E-state index < -0.39 is 11.6 Å². The second-order valence-electron chi connectivity index (χ2n) is 6.85. The molecule has 3 aromatic carbocycles. The molecule has 0 unspecified atom stereocenters. The summed E-state index contributed by atoms with van der Waals surface area (Å²) in [6.45, 7) is 0. The molecule has 0 saturated carbocycles.